The van der Waals surface area contributed by atoms with Crippen LogP contribution in [-0.4, -0.2) is 12.3 Å². The molecule has 0 bridgehead atoms. The summed E-state index contributed by atoms with van der Waals surface area (Å²) < 4.78 is 5.65. The topological polar surface area (TPSA) is 25.5 Å². The molecule has 1 aliphatic rings. The van der Waals surface area contributed by atoms with Gasteiger partial charge in [0.05, 0.1) is 6.04 Å². The van der Waals surface area contributed by atoms with Gasteiger partial charge in [0.25, 0.3) is 0 Å². The molecule has 3 aromatic rings. The molecule has 0 spiro atoms. The van der Waals surface area contributed by atoms with Crippen molar-refractivity contribution in [2.45, 2.75) is 19.9 Å². The lowest BCUT2D eigenvalue weighted by Crippen LogP contribution is -1.83. The quantitative estimate of drug-likeness (QED) is 0.561. The Bertz CT molecular complexity index is 745. The number of fused-ring (bicyclic) bond motifs is 3. The molecular weight excluding hydrogens is 246 g/mol. The predicted octanol–water partition coefficient (Wildman–Crippen LogP) is 4.99. The molecule has 0 radical (unpaired) electrons. The van der Waals surface area contributed by atoms with Crippen molar-refractivity contribution in [3.8, 4) is 0 Å². The fraction of sp³-hybridized carbons (Fsp3) is 0.167. The Morgan fingerprint density at radius 3 is 1.85 bits per heavy atom. The maximum absolute atomic E-state index is 5.65. The van der Waals surface area contributed by atoms with Gasteiger partial charge >= 0.3 is 0 Å². The Morgan fingerprint density at radius 1 is 0.900 bits per heavy atom. The van der Waals surface area contributed by atoms with Crippen molar-refractivity contribution in [3.05, 3.63) is 60.2 Å². The van der Waals surface area contributed by atoms with Gasteiger partial charge in [-0.25, -0.2) is 0 Å². The minimum Gasteiger partial charge on any atom is -0.456 e. The normalized spacial score (nSPS) is 17.1. The lowest BCUT2D eigenvalue weighted by Gasteiger charge is -1.85. The van der Waals surface area contributed by atoms with Gasteiger partial charge in [-0.1, -0.05) is 42.5 Å². The van der Waals surface area contributed by atoms with Crippen molar-refractivity contribution >= 4 is 28.2 Å². The van der Waals surface area contributed by atoms with Crippen LogP contribution >= 0.6 is 0 Å². The summed E-state index contributed by atoms with van der Waals surface area (Å²) in [5, 5.41) is 2.39. The molecule has 100 valence electrons. The van der Waals surface area contributed by atoms with Crippen LogP contribution in [0.2, 0.25) is 0 Å². The Balaban J connectivity index is 0.000000147. The maximum Gasteiger partial charge on any atom is 0.135 e. The summed E-state index contributed by atoms with van der Waals surface area (Å²) in [7, 11) is 0. The van der Waals surface area contributed by atoms with Crippen LogP contribution in [0.4, 0.5) is 0 Å². The summed E-state index contributed by atoms with van der Waals surface area (Å²) in [6, 6.07) is 16.6. The van der Waals surface area contributed by atoms with E-state index in [0.29, 0.717) is 6.04 Å². The first-order valence-corrected chi connectivity index (χ1v) is 6.82. The first-order chi connectivity index (χ1) is 9.74. The summed E-state index contributed by atoms with van der Waals surface area (Å²) in [5.74, 6) is 0. The fourth-order valence-electron chi connectivity index (χ4n) is 2.38. The number of benzene rings is 2. The molecule has 0 amide bonds. The van der Waals surface area contributed by atoms with Gasteiger partial charge in [0, 0.05) is 17.0 Å². The van der Waals surface area contributed by atoms with Gasteiger partial charge in [0.15, 0.2) is 0 Å². The van der Waals surface area contributed by atoms with Gasteiger partial charge in [0.2, 0.25) is 0 Å². The molecule has 0 fully saturated rings. The zero-order valence-electron chi connectivity index (χ0n) is 11.7. The van der Waals surface area contributed by atoms with E-state index in [2.05, 4.69) is 37.0 Å². The number of furan rings is 1. The molecule has 1 unspecified atom stereocenters. The van der Waals surface area contributed by atoms with Gasteiger partial charge in [-0.3, -0.25) is 4.99 Å². The van der Waals surface area contributed by atoms with E-state index in [4.69, 9.17) is 4.42 Å². The van der Waals surface area contributed by atoms with E-state index < -0.39 is 0 Å². The Kier molecular flexibility index (Phi) is 3.38. The van der Waals surface area contributed by atoms with Gasteiger partial charge in [-0.05, 0) is 31.6 Å². The second-order valence-electron chi connectivity index (χ2n) is 5.02. The summed E-state index contributed by atoms with van der Waals surface area (Å²) in [6.45, 7) is 4.14. The van der Waals surface area contributed by atoms with Crippen molar-refractivity contribution in [1.82, 2.24) is 0 Å². The molecular formula is C18H17NO. The Labute approximate surface area is 118 Å². The minimum absolute atomic E-state index is 0.431. The van der Waals surface area contributed by atoms with Crippen LogP contribution in [0.5, 0.6) is 0 Å². The SMILES string of the molecule is CC1=CC(C)N=C1.c1ccc2c(c1)oc1ccccc12. The van der Waals surface area contributed by atoms with Crippen LogP contribution in [0.15, 0.2) is 69.6 Å². The zero-order valence-corrected chi connectivity index (χ0v) is 11.7. The number of nitrogens with zero attached hydrogens (tertiary/aromatic N) is 1. The lowest BCUT2D eigenvalue weighted by atomic mass is 10.2. The molecule has 20 heavy (non-hydrogen) atoms. The highest BCUT2D eigenvalue weighted by Crippen LogP contribution is 2.27. The highest BCUT2D eigenvalue weighted by molar-refractivity contribution is 6.04. The largest absolute Gasteiger partial charge is 0.456 e. The van der Waals surface area contributed by atoms with Gasteiger partial charge in [-0.15, -0.1) is 0 Å². The average molecular weight is 263 g/mol. The number of hydrogen-bond donors (Lipinski definition) is 0. The molecule has 0 saturated carbocycles. The highest BCUT2D eigenvalue weighted by atomic mass is 16.3. The Morgan fingerprint density at radius 2 is 1.45 bits per heavy atom. The monoisotopic (exact) mass is 263 g/mol. The summed E-state index contributed by atoms with van der Waals surface area (Å²) in [6.07, 6.45) is 4.05. The van der Waals surface area contributed by atoms with Crippen LogP contribution in [0.1, 0.15) is 13.8 Å². The van der Waals surface area contributed by atoms with Crippen molar-refractivity contribution < 1.29 is 4.42 Å². The molecule has 2 heteroatoms. The summed E-state index contributed by atoms with van der Waals surface area (Å²) in [5.41, 5.74) is 3.21. The second kappa shape index (κ2) is 5.33. The highest BCUT2D eigenvalue weighted by Gasteiger charge is 2.03. The van der Waals surface area contributed by atoms with E-state index in [1.165, 1.54) is 16.3 Å². The van der Waals surface area contributed by atoms with E-state index in [9.17, 15) is 0 Å². The molecule has 1 atom stereocenters. The molecule has 1 aromatic heterocycles. The summed E-state index contributed by atoms with van der Waals surface area (Å²) >= 11 is 0. The molecule has 2 aromatic carbocycles. The number of rotatable bonds is 0. The van der Waals surface area contributed by atoms with E-state index >= 15 is 0 Å². The van der Waals surface area contributed by atoms with Crippen LogP contribution < -0.4 is 0 Å². The third kappa shape index (κ3) is 2.50. The van der Waals surface area contributed by atoms with Crippen LogP contribution in [0, 0.1) is 0 Å². The molecule has 1 aliphatic heterocycles. The Hall–Kier alpha value is -2.35. The minimum atomic E-state index is 0.431. The molecule has 2 nitrogen and oxygen atoms in total. The predicted molar refractivity (Wildman–Crippen MR) is 85.4 cm³/mol. The van der Waals surface area contributed by atoms with Crippen molar-refractivity contribution in [3.63, 3.8) is 0 Å². The molecule has 2 heterocycles. The number of allylic oxidation sites excluding steroid dienone is 1. The van der Waals surface area contributed by atoms with E-state index in [1.54, 1.807) is 0 Å². The molecule has 0 aliphatic carbocycles. The van der Waals surface area contributed by atoms with Crippen LogP contribution in [0.25, 0.3) is 21.9 Å². The van der Waals surface area contributed by atoms with Gasteiger partial charge in [0.1, 0.15) is 11.2 Å². The van der Waals surface area contributed by atoms with Crippen molar-refractivity contribution in [2.24, 2.45) is 4.99 Å². The first-order valence-electron chi connectivity index (χ1n) is 6.82. The fourth-order valence-corrected chi connectivity index (χ4v) is 2.38. The zero-order chi connectivity index (χ0) is 13.9. The van der Waals surface area contributed by atoms with E-state index in [1.807, 2.05) is 42.6 Å². The number of hydrogen-bond acceptors (Lipinski definition) is 2. The maximum atomic E-state index is 5.65. The van der Waals surface area contributed by atoms with Crippen molar-refractivity contribution in [2.75, 3.05) is 0 Å². The number of aliphatic imine (C=N–C) groups is 1. The third-order valence-corrected chi connectivity index (χ3v) is 3.30. The smallest absolute Gasteiger partial charge is 0.135 e. The molecule has 0 saturated heterocycles. The lowest BCUT2D eigenvalue weighted by molar-refractivity contribution is 0.669. The first kappa shape index (κ1) is 12.7. The van der Waals surface area contributed by atoms with E-state index in [-0.39, 0.29) is 0 Å². The molecule has 4 rings (SSSR count). The van der Waals surface area contributed by atoms with Gasteiger partial charge < -0.3 is 4.42 Å². The average Bonchev–Trinajstić information content (AvgIpc) is 3.02. The standard InChI is InChI=1S/C12H8O.C6H9N/c1-3-7-11-9(5-1)10-6-2-4-8-12(10)13-11;1-5-3-6(2)7-4-5/h1-8H;3-4,6H,1-2H3. The van der Waals surface area contributed by atoms with Gasteiger partial charge in [-0.2, -0.15) is 0 Å². The van der Waals surface area contributed by atoms with E-state index in [0.717, 1.165) is 11.2 Å². The van der Waals surface area contributed by atoms with Crippen LogP contribution in [0.3, 0.4) is 0 Å². The third-order valence-electron chi connectivity index (χ3n) is 3.30. The molecule has 0 N–H and O–H groups in total. The number of para-hydroxylation sites is 2. The summed E-state index contributed by atoms with van der Waals surface area (Å²) in [4.78, 5) is 4.10. The van der Waals surface area contributed by atoms with Crippen molar-refractivity contribution in [1.29, 1.82) is 0 Å². The second-order valence-corrected chi connectivity index (χ2v) is 5.02. The van der Waals surface area contributed by atoms with Crippen LogP contribution in [-0.2, 0) is 0 Å².